The Balaban J connectivity index is 1.68. The summed E-state index contributed by atoms with van der Waals surface area (Å²) in [6, 6.07) is 13.6. The third-order valence-corrected chi connectivity index (χ3v) is 3.77. The molecule has 2 aromatic carbocycles. The molecule has 0 atom stereocenters. The molecule has 0 radical (unpaired) electrons. The van der Waals surface area contributed by atoms with Gasteiger partial charge < -0.3 is 19.6 Å². The summed E-state index contributed by atoms with van der Waals surface area (Å²) in [5, 5.41) is 12.6. The quantitative estimate of drug-likeness (QED) is 0.722. The van der Waals surface area contributed by atoms with Crippen molar-refractivity contribution >= 4 is 5.69 Å². The predicted molar refractivity (Wildman–Crippen MR) is 92.9 cm³/mol. The number of ether oxygens (including phenoxy) is 1. The molecule has 0 bridgehead atoms. The number of methoxy groups -OCH3 is 1. The van der Waals surface area contributed by atoms with Gasteiger partial charge in [-0.05, 0) is 37.3 Å². The summed E-state index contributed by atoms with van der Waals surface area (Å²) in [4.78, 5) is 4.50. The fourth-order valence-corrected chi connectivity index (χ4v) is 2.42. The van der Waals surface area contributed by atoms with Gasteiger partial charge in [-0.1, -0.05) is 17.7 Å². The van der Waals surface area contributed by atoms with Crippen molar-refractivity contribution in [2.75, 3.05) is 12.4 Å². The summed E-state index contributed by atoms with van der Waals surface area (Å²) in [5.74, 6) is 1.28. The Labute approximate surface area is 140 Å². The molecule has 124 valence electrons. The van der Waals surface area contributed by atoms with Crippen LogP contribution in [0.3, 0.4) is 0 Å². The van der Waals surface area contributed by atoms with Crippen LogP contribution in [-0.4, -0.2) is 17.2 Å². The lowest BCUT2D eigenvalue weighted by atomic mass is 10.1. The van der Waals surface area contributed by atoms with Crippen molar-refractivity contribution in [2.45, 2.75) is 20.1 Å². The highest BCUT2D eigenvalue weighted by atomic mass is 16.5. The van der Waals surface area contributed by atoms with Gasteiger partial charge in [0.05, 0.1) is 26.0 Å². The van der Waals surface area contributed by atoms with Gasteiger partial charge >= 0.3 is 0 Å². The number of aromatic nitrogens is 1. The van der Waals surface area contributed by atoms with Crippen molar-refractivity contribution < 1.29 is 14.3 Å². The molecule has 3 aromatic rings. The molecule has 0 saturated heterocycles. The summed E-state index contributed by atoms with van der Waals surface area (Å²) in [6.45, 7) is 2.51. The molecule has 0 unspecified atom stereocenters. The number of aliphatic hydroxyl groups is 1. The molecule has 0 aliphatic rings. The van der Waals surface area contributed by atoms with Crippen molar-refractivity contribution in [1.29, 1.82) is 0 Å². The maximum atomic E-state index is 9.37. The molecular formula is C19H20N2O3. The fraction of sp³-hybridized carbons (Fsp3) is 0.211. The zero-order valence-corrected chi connectivity index (χ0v) is 13.7. The lowest BCUT2D eigenvalue weighted by Gasteiger charge is -2.09. The Morgan fingerprint density at radius 2 is 1.96 bits per heavy atom. The van der Waals surface area contributed by atoms with Crippen molar-refractivity contribution in [2.24, 2.45) is 0 Å². The van der Waals surface area contributed by atoms with Crippen LogP contribution in [0.15, 0.2) is 53.1 Å². The number of aryl methyl sites for hydroxylation is 1. The van der Waals surface area contributed by atoms with E-state index in [1.807, 2.05) is 49.4 Å². The highest BCUT2D eigenvalue weighted by Gasteiger charge is 2.07. The van der Waals surface area contributed by atoms with Crippen LogP contribution in [0.25, 0.3) is 11.5 Å². The van der Waals surface area contributed by atoms with Gasteiger partial charge in [0.2, 0.25) is 5.89 Å². The van der Waals surface area contributed by atoms with E-state index in [4.69, 9.17) is 9.15 Å². The highest BCUT2D eigenvalue weighted by molar-refractivity contribution is 5.54. The predicted octanol–water partition coefficient (Wildman–Crippen LogP) is 3.76. The standard InChI is InChI=1S/C19H20N2O3/c1-13-3-5-14(6-4-13)19-21-17(12-24-19)10-20-16-7-8-18(23-2)15(9-16)11-22/h3-9,12,20,22H,10-11H2,1-2H3. The van der Waals surface area contributed by atoms with Gasteiger partial charge in [-0.25, -0.2) is 4.98 Å². The smallest absolute Gasteiger partial charge is 0.226 e. The van der Waals surface area contributed by atoms with Crippen molar-refractivity contribution in [3.05, 3.63) is 65.5 Å². The van der Waals surface area contributed by atoms with Gasteiger partial charge in [0, 0.05) is 16.8 Å². The summed E-state index contributed by atoms with van der Waals surface area (Å²) in [6.07, 6.45) is 1.65. The maximum absolute atomic E-state index is 9.37. The minimum absolute atomic E-state index is 0.0692. The number of nitrogens with one attached hydrogen (secondary N) is 1. The Morgan fingerprint density at radius 1 is 1.17 bits per heavy atom. The first-order valence-corrected chi connectivity index (χ1v) is 7.72. The van der Waals surface area contributed by atoms with Crippen LogP contribution in [0.2, 0.25) is 0 Å². The maximum Gasteiger partial charge on any atom is 0.226 e. The third kappa shape index (κ3) is 3.58. The number of nitrogens with zero attached hydrogens (tertiary/aromatic N) is 1. The molecule has 1 aromatic heterocycles. The topological polar surface area (TPSA) is 67.5 Å². The number of anilines is 1. The fourth-order valence-electron chi connectivity index (χ4n) is 2.42. The van der Waals surface area contributed by atoms with Gasteiger partial charge in [-0.3, -0.25) is 0 Å². The van der Waals surface area contributed by atoms with Gasteiger partial charge in [-0.15, -0.1) is 0 Å². The van der Waals surface area contributed by atoms with Crippen LogP contribution in [0, 0.1) is 6.92 Å². The van der Waals surface area contributed by atoms with Gasteiger partial charge in [0.25, 0.3) is 0 Å². The average Bonchev–Trinajstić information content (AvgIpc) is 3.09. The minimum atomic E-state index is -0.0692. The summed E-state index contributed by atoms with van der Waals surface area (Å²) >= 11 is 0. The van der Waals surface area contributed by atoms with Crippen LogP contribution in [-0.2, 0) is 13.2 Å². The number of hydrogen-bond acceptors (Lipinski definition) is 5. The van der Waals surface area contributed by atoms with E-state index in [0.717, 1.165) is 22.5 Å². The van der Waals surface area contributed by atoms with Crippen LogP contribution >= 0.6 is 0 Å². The molecule has 3 rings (SSSR count). The van der Waals surface area contributed by atoms with E-state index in [1.165, 1.54) is 5.56 Å². The first kappa shape index (κ1) is 16.1. The lowest BCUT2D eigenvalue weighted by Crippen LogP contribution is -2.01. The van der Waals surface area contributed by atoms with E-state index in [0.29, 0.717) is 18.2 Å². The van der Waals surface area contributed by atoms with E-state index in [-0.39, 0.29) is 6.61 Å². The molecular weight excluding hydrogens is 304 g/mol. The van der Waals surface area contributed by atoms with Crippen LogP contribution in [0.1, 0.15) is 16.8 Å². The van der Waals surface area contributed by atoms with E-state index in [9.17, 15) is 5.11 Å². The molecule has 0 amide bonds. The SMILES string of the molecule is COc1ccc(NCc2coc(-c3ccc(C)cc3)n2)cc1CO. The monoisotopic (exact) mass is 324 g/mol. The van der Waals surface area contributed by atoms with Crippen LogP contribution in [0.5, 0.6) is 5.75 Å². The average molecular weight is 324 g/mol. The Hall–Kier alpha value is -2.79. The van der Waals surface area contributed by atoms with E-state index < -0.39 is 0 Å². The molecule has 5 heteroatoms. The summed E-state index contributed by atoms with van der Waals surface area (Å²) in [5.41, 5.74) is 4.60. The zero-order chi connectivity index (χ0) is 16.9. The lowest BCUT2D eigenvalue weighted by molar-refractivity contribution is 0.274. The number of oxazole rings is 1. The first-order chi connectivity index (χ1) is 11.7. The number of rotatable bonds is 6. The Kier molecular flexibility index (Phi) is 4.82. The number of benzene rings is 2. The molecule has 1 heterocycles. The second-order valence-corrected chi connectivity index (χ2v) is 5.55. The van der Waals surface area contributed by atoms with Gasteiger partial charge in [0.1, 0.15) is 12.0 Å². The summed E-state index contributed by atoms with van der Waals surface area (Å²) < 4.78 is 10.7. The van der Waals surface area contributed by atoms with Gasteiger partial charge in [0.15, 0.2) is 0 Å². The van der Waals surface area contributed by atoms with Crippen LogP contribution < -0.4 is 10.1 Å². The molecule has 24 heavy (non-hydrogen) atoms. The Bertz CT molecular complexity index is 810. The molecule has 2 N–H and O–H groups in total. The van der Waals surface area contributed by atoms with Crippen molar-refractivity contribution in [3.63, 3.8) is 0 Å². The third-order valence-electron chi connectivity index (χ3n) is 3.77. The second-order valence-electron chi connectivity index (χ2n) is 5.55. The van der Waals surface area contributed by atoms with Crippen LogP contribution in [0.4, 0.5) is 5.69 Å². The van der Waals surface area contributed by atoms with E-state index >= 15 is 0 Å². The molecule has 0 aliphatic heterocycles. The zero-order valence-electron chi connectivity index (χ0n) is 13.7. The normalized spacial score (nSPS) is 10.6. The largest absolute Gasteiger partial charge is 0.496 e. The summed E-state index contributed by atoms with van der Waals surface area (Å²) in [7, 11) is 1.59. The van der Waals surface area contributed by atoms with E-state index in [2.05, 4.69) is 10.3 Å². The minimum Gasteiger partial charge on any atom is -0.496 e. The Morgan fingerprint density at radius 3 is 2.67 bits per heavy atom. The molecule has 5 nitrogen and oxygen atoms in total. The molecule has 0 aliphatic carbocycles. The second kappa shape index (κ2) is 7.19. The van der Waals surface area contributed by atoms with Crippen molar-refractivity contribution in [3.8, 4) is 17.2 Å². The number of aliphatic hydroxyl groups excluding tert-OH is 1. The molecule has 0 fully saturated rings. The van der Waals surface area contributed by atoms with E-state index in [1.54, 1.807) is 13.4 Å². The molecule has 0 saturated carbocycles. The van der Waals surface area contributed by atoms with Gasteiger partial charge in [-0.2, -0.15) is 0 Å². The van der Waals surface area contributed by atoms with Crippen molar-refractivity contribution in [1.82, 2.24) is 4.98 Å². The number of hydrogen-bond donors (Lipinski definition) is 2. The first-order valence-electron chi connectivity index (χ1n) is 7.72. The highest BCUT2D eigenvalue weighted by Crippen LogP contribution is 2.23. The molecule has 0 spiro atoms.